The highest BCUT2D eigenvalue weighted by Gasteiger charge is 2.15. The molecule has 1 heterocycles. The predicted molar refractivity (Wildman–Crippen MR) is 85.9 cm³/mol. The summed E-state index contributed by atoms with van der Waals surface area (Å²) in [6.45, 7) is 2.04. The van der Waals surface area contributed by atoms with Gasteiger partial charge in [0.1, 0.15) is 5.75 Å². The van der Waals surface area contributed by atoms with Gasteiger partial charge in [0.2, 0.25) is 0 Å². The van der Waals surface area contributed by atoms with Crippen LogP contribution >= 0.6 is 35.0 Å². The Morgan fingerprint density at radius 1 is 1.32 bits per heavy atom. The molecule has 0 aromatic heterocycles. The minimum Gasteiger partial charge on any atom is -0.484 e. The SMILES string of the molecule is Cl.O=C(COc1ccc(I)cc1)NC1CCNCC1. The van der Waals surface area contributed by atoms with Crippen molar-refractivity contribution in [2.45, 2.75) is 18.9 Å². The van der Waals surface area contributed by atoms with Gasteiger partial charge in [0.05, 0.1) is 0 Å². The Kier molecular flexibility index (Phi) is 7.48. The van der Waals surface area contributed by atoms with Crippen molar-refractivity contribution in [3.05, 3.63) is 27.8 Å². The van der Waals surface area contributed by atoms with E-state index in [0.29, 0.717) is 6.04 Å². The Morgan fingerprint density at radius 3 is 2.58 bits per heavy atom. The van der Waals surface area contributed by atoms with E-state index >= 15 is 0 Å². The quantitative estimate of drug-likeness (QED) is 0.765. The van der Waals surface area contributed by atoms with Crippen LogP contribution in [0.1, 0.15) is 12.8 Å². The van der Waals surface area contributed by atoms with Crippen LogP contribution in [0.3, 0.4) is 0 Å². The van der Waals surface area contributed by atoms with E-state index in [9.17, 15) is 4.79 Å². The molecule has 1 fully saturated rings. The van der Waals surface area contributed by atoms with Gasteiger partial charge in [-0.25, -0.2) is 0 Å². The number of hydrogen-bond donors (Lipinski definition) is 2. The average molecular weight is 397 g/mol. The number of halogens is 2. The third-order valence-electron chi connectivity index (χ3n) is 2.89. The first kappa shape index (κ1) is 16.5. The van der Waals surface area contributed by atoms with Crippen molar-refractivity contribution in [2.75, 3.05) is 19.7 Å². The molecule has 0 atom stereocenters. The Bertz CT molecular complexity index is 394. The third-order valence-corrected chi connectivity index (χ3v) is 3.61. The maximum absolute atomic E-state index is 11.7. The summed E-state index contributed by atoms with van der Waals surface area (Å²) in [5.74, 6) is 0.691. The standard InChI is InChI=1S/C13H17IN2O2.ClH/c14-10-1-3-12(4-2-10)18-9-13(17)16-11-5-7-15-8-6-11;/h1-4,11,15H,5-9H2,(H,16,17);1H. The Labute approximate surface area is 133 Å². The third kappa shape index (κ3) is 5.97. The number of piperidine rings is 1. The van der Waals surface area contributed by atoms with Gasteiger partial charge in [0.25, 0.3) is 5.91 Å². The van der Waals surface area contributed by atoms with E-state index in [-0.39, 0.29) is 24.9 Å². The van der Waals surface area contributed by atoms with E-state index in [1.807, 2.05) is 24.3 Å². The lowest BCUT2D eigenvalue weighted by molar-refractivity contribution is -0.123. The summed E-state index contributed by atoms with van der Waals surface area (Å²) in [4.78, 5) is 11.7. The van der Waals surface area contributed by atoms with Crippen molar-refractivity contribution in [1.82, 2.24) is 10.6 Å². The van der Waals surface area contributed by atoms with E-state index in [1.54, 1.807) is 0 Å². The molecule has 1 aromatic carbocycles. The largest absolute Gasteiger partial charge is 0.484 e. The second-order valence-electron chi connectivity index (χ2n) is 4.33. The van der Waals surface area contributed by atoms with Crippen LogP contribution in [0.5, 0.6) is 5.75 Å². The molecular weight excluding hydrogens is 379 g/mol. The highest BCUT2D eigenvalue weighted by molar-refractivity contribution is 14.1. The van der Waals surface area contributed by atoms with E-state index in [0.717, 1.165) is 35.3 Å². The van der Waals surface area contributed by atoms with E-state index in [1.165, 1.54) is 0 Å². The summed E-state index contributed by atoms with van der Waals surface area (Å²) >= 11 is 2.23. The molecule has 2 N–H and O–H groups in total. The summed E-state index contributed by atoms with van der Waals surface area (Å²) in [6.07, 6.45) is 1.99. The first-order valence-corrected chi connectivity index (χ1v) is 7.20. The van der Waals surface area contributed by atoms with Crippen molar-refractivity contribution in [3.63, 3.8) is 0 Å². The molecular formula is C13H18ClIN2O2. The molecule has 0 aliphatic carbocycles. The maximum Gasteiger partial charge on any atom is 0.258 e. The number of rotatable bonds is 4. The molecule has 1 aliphatic rings. The summed E-state index contributed by atoms with van der Waals surface area (Å²) in [5.41, 5.74) is 0. The zero-order valence-corrected chi connectivity index (χ0v) is 13.5. The van der Waals surface area contributed by atoms with Crippen molar-refractivity contribution in [2.24, 2.45) is 0 Å². The lowest BCUT2D eigenvalue weighted by Gasteiger charge is -2.23. The molecule has 6 heteroatoms. The van der Waals surface area contributed by atoms with Crippen molar-refractivity contribution >= 4 is 40.9 Å². The van der Waals surface area contributed by atoms with Crippen molar-refractivity contribution < 1.29 is 9.53 Å². The molecule has 106 valence electrons. The Hall–Kier alpha value is -0.530. The minimum absolute atomic E-state index is 0. The van der Waals surface area contributed by atoms with Gasteiger partial charge in [0, 0.05) is 9.61 Å². The molecule has 1 aliphatic heterocycles. The van der Waals surface area contributed by atoms with Crippen LogP contribution in [0, 0.1) is 3.57 Å². The van der Waals surface area contributed by atoms with Crippen LogP contribution in [0.4, 0.5) is 0 Å². The molecule has 0 spiro atoms. The molecule has 0 saturated carbocycles. The number of ether oxygens (including phenoxy) is 1. The van der Waals surface area contributed by atoms with E-state index < -0.39 is 0 Å². The maximum atomic E-state index is 11.7. The van der Waals surface area contributed by atoms with Crippen molar-refractivity contribution in [1.29, 1.82) is 0 Å². The number of carbonyl (C=O) groups is 1. The van der Waals surface area contributed by atoms with Crippen LogP contribution in [0.2, 0.25) is 0 Å². The van der Waals surface area contributed by atoms with Gasteiger partial charge in [0.15, 0.2) is 6.61 Å². The normalized spacial score (nSPS) is 15.4. The molecule has 1 aromatic rings. The van der Waals surface area contributed by atoms with Crippen LogP contribution in [-0.4, -0.2) is 31.6 Å². The highest BCUT2D eigenvalue weighted by Crippen LogP contribution is 2.13. The predicted octanol–water partition coefficient (Wildman–Crippen LogP) is 1.96. The lowest BCUT2D eigenvalue weighted by atomic mass is 10.1. The number of nitrogens with one attached hydrogen (secondary N) is 2. The van der Waals surface area contributed by atoms with Gasteiger partial charge in [-0.05, 0) is 72.8 Å². The molecule has 19 heavy (non-hydrogen) atoms. The zero-order valence-electron chi connectivity index (χ0n) is 10.5. The second-order valence-corrected chi connectivity index (χ2v) is 5.58. The van der Waals surface area contributed by atoms with E-state index in [4.69, 9.17) is 4.74 Å². The van der Waals surface area contributed by atoms with Gasteiger partial charge in [-0.2, -0.15) is 0 Å². The fraction of sp³-hybridized carbons (Fsp3) is 0.462. The zero-order chi connectivity index (χ0) is 12.8. The molecule has 4 nitrogen and oxygen atoms in total. The molecule has 1 saturated heterocycles. The Balaban J connectivity index is 0.00000180. The number of benzene rings is 1. The van der Waals surface area contributed by atoms with Gasteiger partial charge in [-0.15, -0.1) is 12.4 Å². The summed E-state index contributed by atoms with van der Waals surface area (Å²) in [7, 11) is 0. The fourth-order valence-corrected chi connectivity index (χ4v) is 2.27. The molecule has 0 radical (unpaired) electrons. The molecule has 2 rings (SSSR count). The number of amides is 1. The Morgan fingerprint density at radius 2 is 1.95 bits per heavy atom. The molecule has 1 amide bonds. The van der Waals surface area contributed by atoms with Crippen LogP contribution in [-0.2, 0) is 4.79 Å². The topological polar surface area (TPSA) is 50.4 Å². The summed E-state index contributed by atoms with van der Waals surface area (Å²) in [6, 6.07) is 7.96. The monoisotopic (exact) mass is 396 g/mol. The van der Waals surface area contributed by atoms with E-state index in [2.05, 4.69) is 33.2 Å². The van der Waals surface area contributed by atoms with Gasteiger partial charge < -0.3 is 15.4 Å². The molecule has 0 bridgehead atoms. The first-order valence-electron chi connectivity index (χ1n) is 6.12. The number of carbonyl (C=O) groups excluding carboxylic acids is 1. The number of hydrogen-bond acceptors (Lipinski definition) is 3. The van der Waals surface area contributed by atoms with Gasteiger partial charge in [-0.1, -0.05) is 0 Å². The molecule has 0 unspecified atom stereocenters. The van der Waals surface area contributed by atoms with Gasteiger partial charge >= 0.3 is 0 Å². The highest BCUT2D eigenvalue weighted by atomic mass is 127. The van der Waals surface area contributed by atoms with Crippen LogP contribution in [0.25, 0.3) is 0 Å². The van der Waals surface area contributed by atoms with Gasteiger partial charge in [-0.3, -0.25) is 4.79 Å². The summed E-state index contributed by atoms with van der Waals surface area (Å²) < 4.78 is 6.59. The minimum atomic E-state index is -0.0413. The average Bonchev–Trinajstić information content (AvgIpc) is 2.39. The lowest BCUT2D eigenvalue weighted by Crippen LogP contribution is -2.44. The van der Waals surface area contributed by atoms with Crippen LogP contribution < -0.4 is 15.4 Å². The second kappa shape index (κ2) is 8.60. The van der Waals surface area contributed by atoms with Crippen molar-refractivity contribution in [3.8, 4) is 5.75 Å². The summed E-state index contributed by atoms with van der Waals surface area (Å²) in [5, 5.41) is 6.26. The van der Waals surface area contributed by atoms with Crippen LogP contribution in [0.15, 0.2) is 24.3 Å². The fourth-order valence-electron chi connectivity index (χ4n) is 1.92. The smallest absolute Gasteiger partial charge is 0.258 e. The first-order chi connectivity index (χ1) is 8.74.